The maximum absolute atomic E-state index is 0. The molecule has 0 atom stereocenters. The average Bonchev–Trinajstić information content (AvgIpc) is 0. The van der Waals surface area contributed by atoms with Gasteiger partial charge in [-0.05, 0) is 0 Å². The van der Waals surface area contributed by atoms with Crippen LogP contribution in [0.5, 0.6) is 0 Å². The topological polar surface area (TPSA) is 1230 Å². The normalized spacial score (nSPS) is 0. The Bertz CT molecular complexity index is 77.4. The monoisotopic (exact) mass is 1630 g/mol. The Morgan fingerprint density at radius 3 is 0.0256 bits per heavy atom. The fourth-order valence-electron chi connectivity index (χ4n) is 0. The van der Waals surface area contributed by atoms with Gasteiger partial charge in [0.25, 0.3) is 0 Å². The number of rotatable bonds is 0. The molecule has 78 heteroatoms. The quantitative estimate of drug-likeness (QED) is 0.204. The Morgan fingerprint density at radius 2 is 0.0256 bits per heavy atom. The molecule has 0 saturated carbocycles. The molecule has 0 bridgehead atoms. The second-order valence-electron chi connectivity index (χ2n) is 0. The molecular formula is Al35O43+19. The summed E-state index contributed by atoms with van der Waals surface area (Å²) in [7, 11) is 0. The minimum atomic E-state index is 0. The van der Waals surface area contributed by atoms with Crippen LogP contribution in [-0.2, 0) is 235 Å². The van der Waals surface area contributed by atoms with Crippen molar-refractivity contribution in [2.45, 2.75) is 0 Å². The van der Waals surface area contributed by atoms with E-state index in [1.807, 2.05) is 0 Å². The number of hydrogen-bond acceptors (Lipinski definition) is 0. The summed E-state index contributed by atoms with van der Waals surface area (Å²) < 4.78 is 0. The van der Waals surface area contributed by atoms with Crippen molar-refractivity contribution in [3.8, 4) is 0 Å². The van der Waals surface area contributed by atoms with Crippen molar-refractivity contribution < 1.29 is 235 Å². The molecule has 0 unspecified atom stereocenters. The van der Waals surface area contributed by atoms with Gasteiger partial charge in [-0.15, -0.1) is 0 Å². The zero-order valence-corrected chi connectivity index (χ0v) is 78.2. The molecule has 0 heterocycles. The predicted octanol–water partition coefficient (Wildman–Crippen LogP) is -18.4. The summed E-state index contributed by atoms with van der Waals surface area (Å²) in [5.41, 5.74) is 0. The summed E-state index contributed by atoms with van der Waals surface area (Å²) in [6.07, 6.45) is 0. The molecular weight excluding hydrogens is 1630 g/mol. The first-order chi connectivity index (χ1) is 0. The van der Waals surface area contributed by atoms with Crippen molar-refractivity contribution in [3.63, 3.8) is 0 Å². The van der Waals surface area contributed by atoms with Gasteiger partial charge in [0.1, 0.15) is 0 Å². The Labute approximate surface area is 828 Å². The van der Waals surface area contributed by atoms with Gasteiger partial charge in [0.2, 0.25) is 0 Å². The summed E-state index contributed by atoms with van der Waals surface area (Å²) in [5, 5.41) is 0. The molecule has 0 N–H and O–H groups in total. The predicted molar refractivity (Wildman–Crippen MR) is 231 cm³/mol. The van der Waals surface area contributed by atoms with Crippen molar-refractivity contribution in [3.05, 3.63) is 0 Å². The van der Waals surface area contributed by atoms with Crippen LogP contribution in [0.2, 0.25) is 0 Å². The molecule has 0 aliphatic rings. The van der Waals surface area contributed by atoms with Crippen LogP contribution in [0.4, 0.5) is 0 Å². The standard InChI is InChI=1S/35Al.43O/q35*+3;43*-2. The summed E-state index contributed by atoms with van der Waals surface area (Å²) >= 11 is 0. The van der Waals surface area contributed by atoms with Crippen molar-refractivity contribution in [2.75, 3.05) is 0 Å². The van der Waals surface area contributed by atoms with Gasteiger partial charge < -0.3 is 235 Å². The van der Waals surface area contributed by atoms with E-state index in [0.29, 0.717) is 0 Å². The molecule has 0 fully saturated rings. The Kier molecular flexibility index (Phi) is 106000. The smallest absolute Gasteiger partial charge is 2.00 e. The summed E-state index contributed by atoms with van der Waals surface area (Å²) in [6, 6.07) is 0. The van der Waals surface area contributed by atoms with E-state index in [-0.39, 0.29) is 843 Å². The molecule has 0 saturated heterocycles. The van der Waals surface area contributed by atoms with Crippen molar-refractivity contribution in [2.24, 2.45) is 0 Å². The molecule has 0 rings (SSSR count). The Balaban J connectivity index is 0. The van der Waals surface area contributed by atoms with Gasteiger partial charge in [0, 0.05) is 0 Å². The van der Waals surface area contributed by atoms with Crippen molar-refractivity contribution in [1.82, 2.24) is 0 Å². The van der Waals surface area contributed by atoms with E-state index < -0.39 is 0 Å². The van der Waals surface area contributed by atoms with E-state index in [4.69, 9.17) is 0 Å². The molecule has 0 spiro atoms. The molecule has 0 aromatic heterocycles. The van der Waals surface area contributed by atoms with E-state index in [1.54, 1.807) is 0 Å². The Hall–Kier alpha value is 16.9. The second-order valence-corrected chi connectivity index (χ2v) is 0. The zero-order chi connectivity index (χ0) is 0. The zero-order valence-electron chi connectivity index (χ0n) is 37.8. The third-order valence-electron chi connectivity index (χ3n) is 0. The first-order valence-electron chi connectivity index (χ1n) is 0. The van der Waals surface area contributed by atoms with Crippen LogP contribution in [0.15, 0.2) is 0 Å². The van der Waals surface area contributed by atoms with Gasteiger partial charge in [0.05, 0.1) is 0 Å². The van der Waals surface area contributed by atoms with Crippen LogP contribution in [0, 0.1) is 0 Å². The summed E-state index contributed by atoms with van der Waals surface area (Å²) in [6.45, 7) is 0. The SMILES string of the molecule is [Al+3].[Al+3].[Al+3].[Al+3].[Al+3].[Al+3].[Al+3].[Al+3].[Al+3].[Al+3].[Al+3].[Al+3].[Al+3].[Al+3].[Al+3].[Al+3].[Al+3].[Al+3].[Al+3].[Al+3].[Al+3].[Al+3].[Al+3].[Al+3].[Al+3].[Al+3].[Al+3].[Al+3].[Al+3].[Al+3].[Al+3].[Al+3].[Al+3].[Al+3].[Al+3].[O-2].[O-2].[O-2].[O-2].[O-2].[O-2].[O-2].[O-2].[O-2].[O-2].[O-2].[O-2].[O-2].[O-2].[O-2].[O-2].[O-2].[O-2].[O-2].[O-2].[O-2].[O-2].[O-2].[O-2].[O-2].[O-2].[O-2].[O-2].[O-2].[O-2].[O-2].[O-2].[O-2].[O-2].[O-2].[O-2].[O-2].[O-2].[O-2].[O-2].[O-2].[O-2].[O-2]. The van der Waals surface area contributed by atoms with Crippen LogP contribution in [0.3, 0.4) is 0 Å². The molecule has 0 aromatic carbocycles. The Morgan fingerprint density at radius 1 is 0.0256 bits per heavy atom. The third-order valence-corrected chi connectivity index (χ3v) is 0. The molecule has 0 radical (unpaired) electrons. The van der Waals surface area contributed by atoms with Crippen LogP contribution >= 0.6 is 0 Å². The average molecular weight is 1630 g/mol. The van der Waals surface area contributed by atoms with Crippen LogP contribution < -0.4 is 0 Å². The molecule has 0 aliphatic heterocycles. The van der Waals surface area contributed by atoms with E-state index >= 15 is 0 Å². The fraction of sp³-hybridized carbons (Fsp3) is 0. The van der Waals surface area contributed by atoms with Crippen LogP contribution in [-0.4, -0.2) is 608 Å². The van der Waals surface area contributed by atoms with Gasteiger partial charge in [-0.25, -0.2) is 0 Å². The molecule has 0 aromatic rings. The fourth-order valence-corrected chi connectivity index (χ4v) is 0. The molecule has 78 heavy (non-hydrogen) atoms. The second kappa shape index (κ2) is 2830. The molecule has 344 valence electrons. The largest absolute Gasteiger partial charge is 3.00 e. The third kappa shape index (κ3) is 2740. The van der Waals surface area contributed by atoms with E-state index in [2.05, 4.69) is 0 Å². The van der Waals surface area contributed by atoms with Gasteiger partial charge in [-0.2, -0.15) is 0 Å². The van der Waals surface area contributed by atoms with Gasteiger partial charge in [-0.3, -0.25) is 0 Å². The van der Waals surface area contributed by atoms with Gasteiger partial charge in [-0.1, -0.05) is 0 Å². The van der Waals surface area contributed by atoms with Crippen molar-refractivity contribution in [1.29, 1.82) is 0 Å². The summed E-state index contributed by atoms with van der Waals surface area (Å²) in [4.78, 5) is 0. The van der Waals surface area contributed by atoms with Crippen LogP contribution in [0.1, 0.15) is 0 Å². The summed E-state index contributed by atoms with van der Waals surface area (Å²) in [5.74, 6) is 0. The van der Waals surface area contributed by atoms with Gasteiger partial charge >= 0.3 is 608 Å². The number of hydrogen-bond donors (Lipinski definition) is 0. The molecule has 0 amide bonds. The molecule has 43 nitrogen and oxygen atoms in total. The van der Waals surface area contributed by atoms with E-state index in [9.17, 15) is 0 Å². The maximum Gasteiger partial charge on any atom is 3.00 e. The maximum atomic E-state index is 0. The van der Waals surface area contributed by atoms with Gasteiger partial charge in [0.15, 0.2) is 0 Å². The van der Waals surface area contributed by atoms with Crippen LogP contribution in [0.25, 0.3) is 0 Å². The molecule has 0 aliphatic carbocycles. The minimum Gasteiger partial charge on any atom is -2.00 e. The first-order valence-corrected chi connectivity index (χ1v) is 0. The van der Waals surface area contributed by atoms with E-state index in [0.717, 1.165) is 0 Å². The van der Waals surface area contributed by atoms with Crippen molar-refractivity contribution >= 4 is 608 Å². The first kappa shape index (κ1) is 2930. The minimum absolute atomic E-state index is 0. The van der Waals surface area contributed by atoms with E-state index in [1.165, 1.54) is 0 Å².